The molecule has 0 heterocycles. The number of amides is 1. The molecule has 0 saturated carbocycles. The van der Waals surface area contributed by atoms with Crippen molar-refractivity contribution in [3.05, 3.63) is 107 Å². The van der Waals surface area contributed by atoms with Crippen molar-refractivity contribution in [1.82, 2.24) is 5.32 Å². The summed E-state index contributed by atoms with van der Waals surface area (Å²) in [5, 5.41) is 13.9. The number of aliphatic hydroxyl groups is 1. The lowest BCUT2D eigenvalue weighted by Gasteiger charge is -2.25. The third-order valence-corrected chi connectivity index (χ3v) is 4.45. The van der Waals surface area contributed by atoms with E-state index in [1.54, 1.807) is 12.1 Å². The molecule has 3 nitrogen and oxygen atoms in total. The van der Waals surface area contributed by atoms with E-state index in [1.165, 1.54) is 5.56 Å². The van der Waals surface area contributed by atoms with Crippen LogP contribution in [-0.2, 0) is 6.42 Å². The predicted octanol–water partition coefficient (Wildman–Crippen LogP) is 4.07. The Morgan fingerprint density at radius 1 is 0.885 bits per heavy atom. The second-order valence-corrected chi connectivity index (χ2v) is 6.49. The summed E-state index contributed by atoms with van der Waals surface area (Å²) >= 11 is 0. The summed E-state index contributed by atoms with van der Waals surface area (Å²) in [6.07, 6.45) is -0.236. The van der Waals surface area contributed by atoms with Gasteiger partial charge in [0.15, 0.2) is 0 Å². The number of nitrogens with one attached hydrogen (secondary N) is 1. The molecule has 0 bridgehead atoms. The average Bonchev–Trinajstić information content (AvgIpc) is 2.70. The van der Waals surface area contributed by atoms with Gasteiger partial charge in [-0.2, -0.15) is 0 Å². The number of hydrogen-bond donors (Lipinski definition) is 2. The quantitative estimate of drug-likeness (QED) is 0.707. The highest BCUT2D eigenvalue weighted by Crippen LogP contribution is 2.20. The molecule has 132 valence electrons. The molecule has 0 fully saturated rings. The van der Waals surface area contributed by atoms with Gasteiger partial charge in [0.2, 0.25) is 0 Å². The first-order valence-electron chi connectivity index (χ1n) is 8.78. The van der Waals surface area contributed by atoms with Crippen LogP contribution in [0.3, 0.4) is 0 Å². The van der Waals surface area contributed by atoms with Crippen molar-refractivity contribution < 1.29 is 9.90 Å². The molecule has 0 aliphatic rings. The van der Waals surface area contributed by atoms with E-state index < -0.39 is 12.1 Å². The maximum absolute atomic E-state index is 12.6. The van der Waals surface area contributed by atoms with Crippen LogP contribution < -0.4 is 5.32 Å². The monoisotopic (exact) mass is 345 g/mol. The van der Waals surface area contributed by atoms with Crippen LogP contribution >= 0.6 is 0 Å². The van der Waals surface area contributed by atoms with Crippen molar-refractivity contribution in [3.63, 3.8) is 0 Å². The third kappa shape index (κ3) is 4.58. The largest absolute Gasteiger partial charge is 0.386 e. The molecule has 0 spiro atoms. The number of rotatable bonds is 6. The lowest BCUT2D eigenvalue weighted by molar-refractivity contribution is 0.0832. The number of benzene rings is 3. The maximum Gasteiger partial charge on any atom is 0.251 e. The molecule has 2 atom stereocenters. The van der Waals surface area contributed by atoms with Gasteiger partial charge in [0, 0.05) is 5.56 Å². The Bertz CT molecular complexity index is 829. The zero-order valence-electron chi connectivity index (χ0n) is 14.8. The van der Waals surface area contributed by atoms with Gasteiger partial charge in [0.25, 0.3) is 5.91 Å². The normalized spacial score (nSPS) is 13.0. The smallest absolute Gasteiger partial charge is 0.251 e. The van der Waals surface area contributed by atoms with Gasteiger partial charge >= 0.3 is 0 Å². The maximum atomic E-state index is 12.6. The highest BCUT2D eigenvalue weighted by molar-refractivity contribution is 5.94. The van der Waals surface area contributed by atoms with Crippen molar-refractivity contribution in [2.45, 2.75) is 25.5 Å². The molecule has 0 saturated heterocycles. The fourth-order valence-corrected chi connectivity index (χ4v) is 2.94. The van der Waals surface area contributed by atoms with E-state index in [0.29, 0.717) is 12.0 Å². The van der Waals surface area contributed by atoms with Crippen LogP contribution in [0.15, 0.2) is 84.9 Å². The molecule has 0 aliphatic heterocycles. The number of carbonyl (C=O) groups excluding carboxylic acids is 1. The van der Waals surface area contributed by atoms with E-state index in [9.17, 15) is 9.90 Å². The van der Waals surface area contributed by atoms with Crippen LogP contribution in [0.25, 0.3) is 0 Å². The molecule has 0 aromatic heterocycles. The van der Waals surface area contributed by atoms with Gasteiger partial charge in [-0.15, -0.1) is 0 Å². The van der Waals surface area contributed by atoms with Crippen molar-refractivity contribution >= 4 is 5.91 Å². The molecule has 1 amide bonds. The van der Waals surface area contributed by atoms with Crippen LogP contribution in [0, 0.1) is 6.92 Å². The van der Waals surface area contributed by atoms with Crippen LogP contribution in [0.4, 0.5) is 0 Å². The summed E-state index contributed by atoms with van der Waals surface area (Å²) < 4.78 is 0. The second kappa shape index (κ2) is 8.45. The number of hydrogen-bond acceptors (Lipinski definition) is 2. The molecule has 26 heavy (non-hydrogen) atoms. The molecular formula is C23H23NO2. The molecule has 0 aliphatic carbocycles. The lowest BCUT2D eigenvalue weighted by Crippen LogP contribution is -2.41. The SMILES string of the molecule is Cc1ccc(CC(NC(=O)c2ccccc2)C(O)c2ccccc2)cc1. The molecule has 2 N–H and O–H groups in total. The summed E-state index contributed by atoms with van der Waals surface area (Å²) in [5.41, 5.74) is 3.63. The number of aryl methyl sites for hydroxylation is 1. The first kappa shape index (κ1) is 17.9. The summed E-state index contributed by atoms with van der Waals surface area (Å²) in [7, 11) is 0. The molecule has 3 rings (SSSR count). The molecular weight excluding hydrogens is 322 g/mol. The first-order valence-corrected chi connectivity index (χ1v) is 8.78. The number of aliphatic hydroxyl groups excluding tert-OH is 1. The second-order valence-electron chi connectivity index (χ2n) is 6.49. The minimum atomic E-state index is -0.787. The molecule has 3 aromatic rings. The van der Waals surface area contributed by atoms with Crippen LogP contribution in [0.5, 0.6) is 0 Å². The fourth-order valence-electron chi connectivity index (χ4n) is 2.94. The predicted molar refractivity (Wildman–Crippen MR) is 104 cm³/mol. The van der Waals surface area contributed by atoms with Crippen LogP contribution in [0.1, 0.15) is 33.2 Å². The minimum Gasteiger partial charge on any atom is -0.386 e. The van der Waals surface area contributed by atoms with Gasteiger partial charge in [0.1, 0.15) is 0 Å². The molecule has 0 radical (unpaired) electrons. The molecule has 3 aromatic carbocycles. The molecule has 3 heteroatoms. The van der Waals surface area contributed by atoms with E-state index in [4.69, 9.17) is 0 Å². The Balaban J connectivity index is 1.83. The van der Waals surface area contributed by atoms with E-state index >= 15 is 0 Å². The van der Waals surface area contributed by atoms with Gasteiger partial charge in [-0.1, -0.05) is 78.4 Å². The van der Waals surface area contributed by atoms with Crippen molar-refractivity contribution in [3.8, 4) is 0 Å². The lowest BCUT2D eigenvalue weighted by atomic mass is 9.95. The summed E-state index contributed by atoms with van der Waals surface area (Å²) in [4.78, 5) is 12.6. The van der Waals surface area contributed by atoms with Crippen molar-refractivity contribution in [1.29, 1.82) is 0 Å². The first-order chi connectivity index (χ1) is 12.6. The summed E-state index contributed by atoms with van der Waals surface area (Å²) in [6.45, 7) is 2.04. The Kier molecular flexibility index (Phi) is 5.82. The van der Waals surface area contributed by atoms with Crippen LogP contribution in [-0.4, -0.2) is 17.1 Å². The highest BCUT2D eigenvalue weighted by atomic mass is 16.3. The van der Waals surface area contributed by atoms with E-state index in [0.717, 1.165) is 11.1 Å². The summed E-state index contributed by atoms with van der Waals surface area (Å²) in [5.74, 6) is -0.183. The summed E-state index contributed by atoms with van der Waals surface area (Å²) in [6, 6.07) is 26.3. The van der Waals surface area contributed by atoms with Gasteiger partial charge in [-0.05, 0) is 36.6 Å². The Morgan fingerprint density at radius 2 is 1.46 bits per heavy atom. The topological polar surface area (TPSA) is 49.3 Å². The Hall–Kier alpha value is -2.91. The zero-order chi connectivity index (χ0) is 18.4. The third-order valence-electron chi connectivity index (χ3n) is 4.45. The van der Waals surface area contributed by atoms with Crippen LogP contribution in [0.2, 0.25) is 0 Å². The van der Waals surface area contributed by atoms with E-state index in [-0.39, 0.29) is 5.91 Å². The number of carbonyl (C=O) groups is 1. The zero-order valence-corrected chi connectivity index (χ0v) is 14.8. The van der Waals surface area contributed by atoms with Gasteiger partial charge in [0.05, 0.1) is 12.1 Å². The van der Waals surface area contributed by atoms with E-state index in [1.807, 2.05) is 79.7 Å². The fraction of sp³-hybridized carbons (Fsp3) is 0.174. The van der Waals surface area contributed by atoms with Crippen molar-refractivity contribution in [2.75, 3.05) is 0 Å². The Morgan fingerprint density at radius 3 is 2.08 bits per heavy atom. The minimum absolute atomic E-state index is 0.183. The highest BCUT2D eigenvalue weighted by Gasteiger charge is 2.23. The van der Waals surface area contributed by atoms with Gasteiger partial charge in [-0.25, -0.2) is 0 Å². The van der Waals surface area contributed by atoms with Gasteiger partial charge in [-0.3, -0.25) is 4.79 Å². The molecule has 2 unspecified atom stereocenters. The standard InChI is InChI=1S/C23H23NO2/c1-17-12-14-18(15-13-17)16-21(22(25)19-8-4-2-5-9-19)24-23(26)20-10-6-3-7-11-20/h2-15,21-22,25H,16H2,1H3,(H,24,26). The van der Waals surface area contributed by atoms with E-state index in [2.05, 4.69) is 5.32 Å². The Labute approximate surface area is 154 Å². The average molecular weight is 345 g/mol. The van der Waals surface area contributed by atoms with Gasteiger partial charge < -0.3 is 10.4 Å². The van der Waals surface area contributed by atoms with Crippen molar-refractivity contribution in [2.24, 2.45) is 0 Å².